The maximum atomic E-state index is 12.9. The van der Waals surface area contributed by atoms with E-state index in [1.165, 1.54) is 0 Å². The van der Waals surface area contributed by atoms with Crippen LogP contribution in [0.2, 0.25) is 0 Å². The van der Waals surface area contributed by atoms with Crippen LogP contribution in [0.5, 0.6) is 0 Å². The molecule has 1 aliphatic rings. The lowest BCUT2D eigenvalue weighted by molar-refractivity contribution is 0.0713. The van der Waals surface area contributed by atoms with Crippen LogP contribution in [0.4, 0.5) is 0 Å². The molecule has 124 valence electrons. The largest absolute Gasteiger partial charge is 0.332 e. The first-order chi connectivity index (χ1) is 11.0. The van der Waals surface area contributed by atoms with E-state index in [1.807, 2.05) is 37.4 Å². The molecule has 2 aromatic heterocycles. The number of carbonyl (C=O) groups is 1. The van der Waals surface area contributed by atoms with Crippen LogP contribution >= 0.6 is 11.3 Å². The second-order valence-electron chi connectivity index (χ2n) is 6.20. The van der Waals surface area contributed by atoms with E-state index >= 15 is 0 Å². The van der Waals surface area contributed by atoms with Crippen molar-refractivity contribution in [2.75, 3.05) is 19.6 Å². The highest BCUT2D eigenvalue weighted by Crippen LogP contribution is 2.19. The lowest BCUT2D eigenvalue weighted by atomic mass is 10.1. The summed E-state index contributed by atoms with van der Waals surface area (Å²) in [6, 6.07) is 1.86. The van der Waals surface area contributed by atoms with Crippen molar-refractivity contribution < 1.29 is 4.79 Å². The first-order valence-electron chi connectivity index (χ1n) is 7.94. The third-order valence-electron chi connectivity index (χ3n) is 4.44. The van der Waals surface area contributed by atoms with E-state index in [9.17, 15) is 4.79 Å². The molecule has 0 unspecified atom stereocenters. The Balaban J connectivity index is 1.80. The molecule has 0 aromatic carbocycles. The number of aryl methyl sites for hydroxylation is 3. The van der Waals surface area contributed by atoms with Gasteiger partial charge >= 0.3 is 0 Å². The molecule has 7 heteroatoms. The first-order valence-corrected chi connectivity index (χ1v) is 8.82. The number of aromatic nitrogens is 3. The molecule has 1 atom stereocenters. The van der Waals surface area contributed by atoms with Crippen molar-refractivity contribution >= 4 is 17.2 Å². The number of rotatable bonds is 5. The fourth-order valence-corrected chi connectivity index (χ4v) is 3.67. The van der Waals surface area contributed by atoms with Crippen LogP contribution in [0.15, 0.2) is 11.6 Å². The van der Waals surface area contributed by atoms with E-state index in [-0.39, 0.29) is 5.91 Å². The Morgan fingerprint density at radius 3 is 2.91 bits per heavy atom. The summed E-state index contributed by atoms with van der Waals surface area (Å²) < 4.78 is 1.75. The molecule has 2 aromatic rings. The third kappa shape index (κ3) is 3.61. The summed E-state index contributed by atoms with van der Waals surface area (Å²) >= 11 is 1.61. The van der Waals surface area contributed by atoms with Gasteiger partial charge in [0.15, 0.2) is 5.69 Å². The summed E-state index contributed by atoms with van der Waals surface area (Å²) in [7, 11) is 1.87. The number of hydrogen-bond donors (Lipinski definition) is 1. The summed E-state index contributed by atoms with van der Waals surface area (Å²) in [5.74, 6) is 0.519. The molecule has 3 heterocycles. The van der Waals surface area contributed by atoms with Gasteiger partial charge in [0, 0.05) is 24.2 Å². The molecule has 3 rings (SSSR count). The van der Waals surface area contributed by atoms with E-state index in [0.717, 1.165) is 42.3 Å². The minimum absolute atomic E-state index is 0.00778. The second kappa shape index (κ2) is 6.80. The van der Waals surface area contributed by atoms with Gasteiger partial charge in [0.1, 0.15) is 0 Å². The highest BCUT2D eigenvalue weighted by molar-refractivity contribution is 7.09. The summed E-state index contributed by atoms with van der Waals surface area (Å²) in [4.78, 5) is 20.3. The maximum absolute atomic E-state index is 12.9. The Labute approximate surface area is 140 Å². The van der Waals surface area contributed by atoms with Gasteiger partial charge in [-0.3, -0.25) is 9.48 Å². The number of thiazole rings is 1. The van der Waals surface area contributed by atoms with E-state index in [4.69, 9.17) is 0 Å². The summed E-state index contributed by atoms with van der Waals surface area (Å²) in [6.45, 7) is 7.35. The quantitative estimate of drug-likeness (QED) is 0.905. The first kappa shape index (κ1) is 16.1. The Morgan fingerprint density at radius 1 is 1.52 bits per heavy atom. The molecule has 1 amide bonds. The molecule has 1 aliphatic heterocycles. The molecule has 1 saturated heterocycles. The van der Waals surface area contributed by atoms with Crippen molar-refractivity contribution in [3.05, 3.63) is 33.5 Å². The average molecular weight is 333 g/mol. The van der Waals surface area contributed by atoms with Gasteiger partial charge in [0.05, 0.1) is 17.7 Å². The van der Waals surface area contributed by atoms with Crippen LogP contribution < -0.4 is 5.32 Å². The number of carbonyl (C=O) groups excluding carboxylic acids is 1. The van der Waals surface area contributed by atoms with Gasteiger partial charge in [-0.05, 0) is 45.3 Å². The van der Waals surface area contributed by atoms with Gasteiger partial charge in [-0.1, -0.05) is 0 Å². The van der Waals surface area contributed by atoms with Crippen LogP contribution in [-0.2, 0) is 13.6 Å². The highest BCUT2D eigenvalue weighted by Gasteiger charge is 2.25. The van der Waals surface area contributed by atoms with Gasteiger partial charge in [-0.15, -0.1) is 11.3 Å². The average Bonchev–Trinajstić information content (AvgIpc) is 3.23. The fraction of sp³-hybridized carbons (Fsp3) is 0.562. The molecule has 1 N–H and O–H groups in total. The summed E-state index contributed by atoms with van der Waals surface area (Å²) in [5.41, 5.74) is 4.37. The Kier molecular flexibility index (Phi) is 4.77. The van der Waals surface area contributed by atoms with Crippen LogP contribution in [0.25, 0.3) is 0 Å². The summed E-state index contributed by atoms with van der Waals surface area (Å²) in [5, 5.41) is 7.73. The van der Waals surface area contributed by atoms with E-state index in [1.54, 1.807) is 16.0 Å². The molecule has 0 bridgehead atoms. The molecule has 0 aliphatic carbocycles. The Hall–Kier alpha value is -1.73. The number of nitrogens with zero attached hydrogens (tertiary/aromatic N) is 4. The molecule has 0 spiro atoms. The maximum Gasteiger partial charge on any atom is 0.274 e. The molecule has 1 fully saturated rings. The van der Waals surface area contributed by atoms with E-state index < -0.39 is 0 Å². The minimum atomic E-state index is 0.00778. The van der Waals surface area contributed by atoms with E-state index in [2.05, 4.69) is 15.4 Å². The van der Waals surface area contributed by atoms with Gasteiger partial charge < -0.3 is 10.2 Å². The summed E-state index contributed by atoms with van der Waals surface area (Å²) in [6.07, 6.45) is 1.12. The number of nitrogens with one attached hydrogen (secondary N) is 1. The Morgan fingerprint density at radius 2 is 2.35 bits per heavy atom. The minimum Gasteiger partial charge on any atom is -0.332 e. The molecule has 23 heavy (non-hydrogen) atoms. The Bertz CT molecular complexity index is 667. The zero-order valence-electron chi connectivity index (χ0n) is 13.9. The molecule has 6 nitrogen and oxygen atoms in total. The van der Waals surface area contributed by atoms with Crippen molar-refractivity contribution in [2.45, 2.75) is 26.8 Å². The monoisotopic (exact) mass is 333 g/mol. The standard InChI is InChI=1S/C16H23N5OS/c1-11-6-14(19-20(11)3)16(22)21(8-13-4-5-17-7-13)9-15-12(2)18-10-23-15/h6,10,13,17H,4-5,7-9H2,1-3H3/t13-/m0/s1. The van der Waals surface area contributed by atoms with Crippen molar-refractivity contribution in [3.8, 4) is 0 Å². The number of amides is 1. The zero-order valence-corrected chi connectivity index (χ0v) is 14.7. The zero-order chi connectivity index (χ0) is 16.4. The van der Waals surface area contributed by atoms with Crippen molar-refractivity contribution in [2.24, 2.45) is 13.0 Å². The van der Waals surface area contributed by atoms with Crippen LogP contribution in [0.3, 0.4) is 0 Å². The van der Waals surface area contributed by atoms with Gasteiger partial charge in [0.25, 0.3) is 5.91 Å². The third-order valence-corrected chi connectivity index (χ3v) is 5.36. The van der Waals surface area contributed by atoms with Crippen molar-refractivity contribution in [1.82, 2.24) is 25.0 Å². The molecular formula is C16H23N5OS. The topological polar surface area (TPSA) is 63.1 Å². The van der Waals surface area contributed by atoms with Gasteiger partial charge in [-0.25, -0.2) is 4.98 Å². The van der Waals surface area contributed by atoms with E-state index in [0.29, 0.717) is 18.2 Å². The molecule has 0 saturated carbocycles. The van der Waals surface area contributed by atoms with Gasteiger partial charge in [0.2, 0.25) is 0 Å². The van der Waals surface area contributed by atoms with Crippen molar-refractivity contribution in [3.63, 3.8) is 0 Å². The lowest BCUT2D eigenvalue weighted by Gasteiger charge is -2.24. The SMILES string of the molecule is Cc1ncsc1CN(C[C@H]1CCNC1)C(=O)c1cc(C)n(C)n1. The molecule has 0 radical (unpaired) electrons. The normalized spacial score (nSPS) is 17.6. The molecular weight excluding hydrogens is 310 g/mol. The second-order valence-corrected chi connectivity index (χ2v) is 7.14. The predicted molar refractivity (Wildman–Crippen MR) is 90.5 cm³/mol. The highest BCUT2D eigenvalue weighted by atomic mass is 32.1. The van der Waals surface area contributed by atoms with Crippen LogP contribution in [0.1, 0.15) is 33.2 Å². The predicted octanol–water partition coefficient (Wildman–Crippen LogP) is 1.75. The fourth-order valence-electron chi connectivity index (χ4n) is 2.88. The van der Waals surface area contributed by atoms with Crippen LogP contribution in [-0.4, -0.2) is 45.2 Å². The van der Waals surface area contributed by atoms with Crippen molar-refractivity contribution in [1.29, 1.82) is 0 Å². The smallest absolute Gasteiger partial charge is 0.274 e. The lowest BCUT2D eigenvalue weighted by Crippen LogP contribution is -2.36. The van der Waals surface area contributed by atoms with Gasteiger partial charge in [-0.2, -0.15) is 5.10 Å². The number of hydrogen-bond acceptors (Lipinski definition) is 5. The van der Waals surface area contributed by atoms with Crippen LogP contribution in [0, 0.1) is 19.8 Å².